The first-order valence-electron chi connectivity index (χ1n) is 4.88. The van der Waals surface area contributed by atoms with E-state index in [9.17, 15) is 0 Å². The minimum atomic E-state index is 0.312. The lowest BCUT2D eigenvalue weighted by molar-refractivity contribution is 0.571. The van der Waals surface area contributed by atoms with Crippen molar-refractivity contribution in [2.75, 3.05) is 0 Å². The molecule has 3 heteroatoms. The Balaban J connectivity index is 2.13. The van der Waals surface area contributed by atoms with Gasteiger partial charge < -0.3 is 5.32 Å². The smallest absolute Gasteiger partial charge is 0.0468 e. The maximum Gasteiger partial charge on any atom is 0.0468 e. The molecule has 0 amide bonds. The van der Waals surface area contributed by atoms with Crippen LogP contribution in [0.1, 0.15) is 31.4 Å². The Hall–Kier alpha value is -0.240. The van der Waals surface area contributed by atoms with Crippen molar-refractivity contribution in [3.05, 3.63) is 33.8 Å². The number of hydrogen-bond donors (Lipinski definition) is 1. The molecule has 0 radical (unpaired) electrons. The van der Waals surface area contributed by atoms with Crippen molar-refractivity contribution in [3.63, 3.8) is 0 Å². The van der Waals surface area contributed by atoms with Gasteiger partial charge in [0.1, 0.15) is 0 Å². The molecule has 14 heavy (non-hydrogen) atoms. The maximum atomic E-state index is 6.10. The van der Waals surface area contributed by atoms with Crippen molar-refractivity contribution in [2.24, 2.45) is 0 Å². The molecule has 1 nitrogen and oxygen atoms in total. The Bertz CT molecular complexity index is 334. The summed E-state index contributed by atoms with van der Waals surface area (Å²) in [7, 11) is 0. The maximum absolute atomic E-state index is 6.10. The van der Waals surface area contributed by atoms with Gasteiger partial charge in [-0.3, -0.25) is 0 Å². The highest BCUT2D eigenvalue weighted by molar-refractivity contribution is 6.35. The standard InChI is InChI=1S/C11H13Cl2N/c1-7(14-9-3-4-9)10-5-2-8(12)6-11(10)13/h2,5-7,9,14H,3-4H2,1H3. The Morgan fingerprint density at radius 1 is 1.36 bits per heavy atom. The Morgan fingerprint density at radius 3 is 2.64 bits per heavy atom. The monoisotopic (exact) mass is 229 g/mol. The minimum Gasteiger partial charge on any atom is -0.307 e. The van der Waals surface area contributed by atoms with Crippen LogP contribution in [0.3, 0.4) is 0 Å². The van der Waals surface area contributed by atoms with Gasteiger partial charge in [0.05, 0.1) is 0 Å². The molecule has 1 aliphatic rings. The summed E-state index contributed by atoms with van der Waals surface area (Å²) in [5.41, 5.74) is 1.13. The van der Waals surface area contributed by atoms with E-state index in [2.05, 4.69) is 12.2 Å². The van der Waals surface area contributed by atoms with E-state index in [1.165, 1.54) is 12.8 Å². The predicted molar refractivity (Wildman–Crippen MR) is 61.0 cm³/mol. The van der Waals surface area contributed by atoms with Crippen LogP contribution in [0, 0.1) is 0 Å². The van der Waals surface area contributed by atoms with E-state index in [1.807, 2.05) is 12.1 Å². The van der Waals surface area contributed by atoms with E-state index >= 15 is 0 Å². The molecule has 1 aromatic rings. The van der Waals surface area contributed by atoms with Gasteiger partial charge in [-0.25, -0.2) is 0 Å². The molecule has 1 unspecified atom stereocenters. The van der Waals surface area contributed by atoms with Gasteiger partial charge in [-0.15, -0.1) is 0 Å². The van der Waals surface area contributed by atoms with Gasteiger partial charge in [0.25, 0.3) is 0 Å². The molecule has 0 aromatic heterocycles. The van der Waals surface area contributed by atoms with Crippen LogP contribution in [-0.2, 0) is 0 Å². The van der Waals surface area contributed by atoms with E-state index in [4.69, 9.17) is 23.2 Å². The second kappa shape index (κ2) is 4.09. The molecular formula is C11H13Cl2N. The van der Waals surface area contributed by atoms with Crippen molar-refractivity contribution in [1.29, 1.82) is 0 Å². The summed E-state index contributed by atoms with van der Waals surface area (Å²) < 4.78 is 0. The summed E-state index contributed by atoms with van der Waals surface area (Å²) >= 11 is 11.9. The van der Waals surface area contributed by atoms with Crippen LogP contribution in [0.2, 0.25) is 10.0 Å². The predicted octanol–water partition coefficient (Wildman–Crippen LogP) is 3.81. The number of nitrogens with one attached hydrogen (secondary N) is 1. The van der Waals surface area contributed by atoms with E-state index in [1.54, 1.807) is 6.07 Å². The largest absolute Gasteiger partial charge is 0.307 e. The average Bonchev–Trinajstić information content (AvgIpc) is 2.87. The zero-order chi connectivity index (χ0) is 10.1. The molecule has 0 spiro atoms. The number of hydrogen-bond acceptors (Lipinski definition) is 1. The van der Waals surface area contributed by atoms with Crippen molar-refractivity contribution in [3.8, 4) is 0 Å². The fraction of sp³-hybridized carbons (Fsp3) is 0.455. The first-order chi connectivity index (χ1) is 6.66. The van der Waals surface area contributed by atoms with Crippen molar-refractivity contribution in [1.82, 2.24) is 5.32 Å². The van der Waals surface area contributed by atoms with Gasteiger partial charge in [0.2, 0.25) is 0 Å². The Morgan fingerprint density at radius 2 is 2.07 bits per heavy atom. The zero-order valence-corrected chi connectivity index (χ0v) is 9.57. The highest BCUT2D eigenvalue weighted by Gasteiger charge is 2.23. The Labute approximate surface area is 94.4 Å². The fourth-order valence-electron chi connectivity index (χ4n) is 1.55. The van der Waals surface area contributed by atoms with E-state index in [0.717, 1.165) is 10.6 Å². The highest BCUT2D eigenvalue weighted by Crippen LogP contribution is 2.29. The van der Waals surface area contributed by atoms with E-state index in [0.29, 0.717) is 17.1 Å². The molecule has 1 fully saturated rings. The minimum absolute atomic E-state index is 0.312. The molecule has 1 saturated carbocycles. The summed E-state index contributed by atoms with van der Waals surface area (Å²) in [5.74, 6) is 0. The lowest BCUT2D eigenvalue weighted by Crippen LogP contribution is -2.20. The van der Waals surface area contributed by atoms with E-state index < -0.39 is 0 Å². The fourth-order valence-corrected chi connectivity index (χ4v) is 2.12. The topological polar surface area (TPSA) is 12.0 Å². The molecule has 0 saturated heterocycles. The molecule has 1 atom stereocenters. The third kappa shape index (κ3) is 2.41. The molecular weight excluding hydrogens is 217 g/mol. The van der Waals surface area contributed by atoms with Gasteiger partial charge in [-0.05, 0) is 37.5 Å². The molecule has 1 aromatic carbocycles. The summed E-state index contributed by atoms with van der Waals surface area (Å²) in [6.07, 6.45) is 2.57. The lowest BCUT2D eigenvalue weighted by atomic mass is 10.1. The molecule has 2 rings (SSSR count). The third-order valence-corrected chi connectivity index (χ3v) is 3.05. The van der Waals surface area contributed by atoms with Crippen LogP contribution in [0.25, 0.3) is 0 Å². The average molecular weight is 230 g/mol. The van der Waals surface area contributed by atoms with Crippen molar-refractivity contribution < 1.29 is 0 Å². The van der Waals surface area contributed by atoms with Gasteiger partial charge in [-0.1, -0.05) is 29.3 Å². The zero-order valence-electron chi connectivity index (χ0n) is 8.06. The van der Waals surface area contributed by atoms with Crippen LogP contribution in [0.4, 0.5) is 0 Å². The second-order valence-electron chi connectivity index (χ2n) is 3.83. The summed E-state index contributed by atoms with van der Waals surface area (Å²) in [5, 5.41) is 4.94. The summed E-state index contributed by atoms with van der Waals surface area (Å²) in [4.78, 5) is 0. The Kier molecular flexibility index (Phi) is 3.01. The molecule has 1 aliphatic carbocycles. The van der Waals surface area contributed by atoms with Crippen LogP contribution >= 0.6 is 23.2 Å². The van der Waals surface area contributed by atoms with E-state index in [-0.39, 0.29) is 0 Å². The number of rotatable bonds is 3. The van der Waals surface area contributed by atoms with Gasteiger partial charge >= 0.3 is 0 Å². The van der Waals surface area contributed by atoms with Gasteiger partial charge in [0, 0.05) is 22.1 Å². The summed E-state index contributed by atoms with van der Waals surface area (Å²) in [6, 6.07) is 6.67. The number of benzene rings is 1. The molecule has 1 N–H and O–H groups in total. The third-order valence-electron chi connectivity index (χ3n) is 2.49. The van der Waals surface area contributed by atoms with Gasteiger partial charge in [0.15, 0.2) is 0 Å². The second-order valence-corrected chi connectivity index (χ2v) is 4.67. The van der Waals surface area contributed by atoms with Crippen molar-refractivity contribution >= 4 is 23.2 Å². The molecule has 0 bridgehead atoms. The molecule has 0 aliphatic heterocycles. The van der Waals surface area contributed by atoms with Crippen LogP contribution in [0.15, 0.2) is 18.2 Å². The van der Waals surface area contributed by atoms with Crippen LogP contribution in [-0.4, -0.2) is 6.04 Å². The van der Waals surface area contributed by atoms with Crippen LogP contribution in [0.5, 0.6) is 0 Å². The molecule has 76 valence electrons. The molecule has 0 heterocycles. The highest BCUT2D eigenvalue weighted by atomic mass is 35.5. The van der Waals surface area contributed by atoms with Crippen molar-refractivity contribution in [2.45, 2.75) is 31.8 Å². The first-order valence-corrected chi connectivity index (χ1v) is 5.63. The van der Waals surface area contributed by atoms with Crippen LogP contribution < -0.4 is 5.32 Å². The van der Waals surface area contributed by atoms with Gasteiger partial charge in [-0.2, -0.15) is 0 Å². The first kappa shape index (κ1) is 10.3. The quantitative estimate of drug-likeness (QED) is 0.832. The number of halogens is 2. The lowest BCUT2D eigenvalue weighted by Gasteiger charge is -2.15. The SMILES string of the molecule is CC(NC1CC1)c1ccc(Cl)cc1Cl. The normalized spacial score (nSPS) is 18.2. The summed E-state index contributed by atoms with van der Waals surface area (Å²) in [6.45, 7) is 2.13.